The number of guanidine groups is 1. The topological polar surface area (TPSA) is 48.9 Å². The third-order valence-corrected chi connectivity index (χ3v) is 5.10. The molecule has 0 saturated carbocycles. The smallest absolute Gasteiger partial charge is 0.191 e. The van der Waals surface area contributed by atoms with Crippen molar-refractivity contribution in [3.8, 4) is 0 Å². The van der Waals surface area contributed by atoms with Crippen LogP contribution in [0.5, 0.6) is 0 Å². The van der Waals surface area contributed by atoms with Crippen LogP contribution >= 0.6 is 0 Å². The Labute approximate surface area is 165 Å². The summed E-state index contributed by atoms with van der Waals surface area (Å²) in [5.74, 6) is 0.949. The first-order valence-electron chi connectivity index (χ1n) is 10.7. The average molecular weight is 375 g/mol. The van der Waals surface area contributed by atoms with Crippen LogP contribution in [0.1, 0.15) is 45.1 Å². The van der Waals surface area contributed by atoms with E-state index in [-0.39, 0.29) is 0 Å². The molecule has 5 heteroatoms. The summed E-state index contributed by atoms with van der Waals surface area (Å²) in [7, 11) is 0. The number of unbranched alkanes of at least 4 members (excludes halogenated alkanes) is 1. The molecule has 1 fully saturated rings. The molecule has 5 nitrogen and oxygen atoms in total. The van der Waals surface area contributed by atoms with Gasteiger partial charge < -0.3 is 15.4 Å². The van der Waals surface area contributed by atoms with Gasteiger partial charge in [0.1, 0.15) is 0 Å². The molecule has 0 aromatic heterocycles. The number of likely N-dealkylation sites (tertiary alicyclic amines) is 1. The van der Waals surface area contributed by atoms with E-state index >= 15 is 0 Å². The molecule has 1 aromatic carbocycles. The molecule has 0 bridgehead atoms. The zero-order chi connectivity index (χ0) is 19.2. The molecule has 1 unspecified atom stereocenters. The number of ether oxygens (including phenoxy) is 1. The van der Waals surface area contributed by atoms with Crippen molar-refractivity contribution in [3.05, 3.63) is 35.9 Å². The minimum Gasteiger partial charge on any atom is -0.381 e. The van der Waals surface area contributed by atoms with E-state index < -0.39 is 0 Å². The van der Waals surface area contributed by atoms with Gasteiger partial charge in [0.2, 0.25) is 0 Å². The number of aliphatic imine (C=N–C) groups is 1. The Kier molecular flexibility index (Phi) is 10.9. The number of nitrogens with zero attached hydrogens (tertiary/aromatic N) is 2. The van der Waals surface area contributed by atoms with Crippen molar-refractivity contribution in [2.45, 2.75) is 52.0 Å². The Bertz CT molecular complexity index is 520. The standard InChI is InChI=1S/C22H38N4O/c1-3-23-22(25-19-21-13-10-16-26(21)4-2)24-15-8-9-17-27-18-14-20-11-6-5-7-12-20/h5-7,11-12,21H,3-4,8-10,13-19H2,1-2H3,(H2,23,24,25). The Morgan fingerprint density at radius 3 is 2.78 bits per heavy atom. The fourth-order valence-corrected chi connectivity index (χ4v) is 3.53. The first-order chi connectivity index (χ1) is 13.3. The van der Waals surface area contributed by atoms with E-state index in [1.165, 1.54) is 24.9 Å². The van der Waals surface area contributed by atoms with E-state index in [1.54, 1.807) is 0 Å². The second-order valence-corrected chi connectivity index (χ2v) is 7.13. The van der Waals surface area contributed by atoms with Crippen molar-refractivity contribution < 1.29 is 4.74 Å². The van der Waals surface area contributed by atoms with Crippen LogP contribution in [-0.2, 0) is 11.2 Å². The summed E-state index contributed by atoms with van der Waals surface area (Å²) in [6.07, 6.45) is 5.75. The molecule has 1 aliphatic rings. The second-order valence-electron chi connectivity index (χ2n) is 7.13. The molecule has 1 atom stereocenters. The van der Waals surface area contributed by atoms with E-state index in [2.05, 4.69) is 59.7 Å². The molecule has 2 N–H and O–H groups in total. The highest BCUT2D eigenvalue weighted by molar-refractivity contribution is 5.79. The molecule has 1 aliphatic heterocycles. The zero-order valence-corrected chi connectivity index (χ0v) is 17.3. The minimum absolute atomic E-state index is 0.614. The van der Waals surface area contributed by atoms with Gasteiger partial charge in [0.25, 0.3) is 0 Å². The Balaban J connectivity index is 1.54. The van der Waals surface area contributed by atoms with E-state index in [1.807, 2.05) is 0 Å². The van der Waals surface area contributed by atoms with Gasteiger partial charge in [0, 0.05) is 25.7 Å². The van der Waals surface area contributed by atoms with Crippen molar-refractivity contribution in [3.63, 3.8) is 0 Å². The van der Waals surface area contributed by atoms with Crippen molar-refractivity contribution in [2.24, 2.45) is 4.99 Å². The predicted octanol–water partition coefficient (Wildman–Crippen LogP) is 3.07. The van der Waals surface area contributed by atoms with Gasteiger partial charge in [-0.3, -0.25) is 9.89 Å². The van der Waals surface area contributed by atoms with E-state index in [9.17, 15) is 0 Å². The van der Waals surface area contributed by atoms with Crippen LogP contribution in [0.3, 0.4) is 0 Å². The van der Waals surface area contributed by atoms with E-state index in [0.717, 1.165) is 64.6 Å². The van der Waals surface area contributed by atoms with Gasteiger partial charge >= 0.3 is 0 Å². The zero-order valence-electron chi connectivity index (χ0n) is 17.3. The number of likely N-dealkylation sites (N-methyl/N-ethyl adjacent to an activating group) is 1. The molecule has 0 aliphatic carbocycles. The van der Waals surface area contributed by atoms with Crippen molar-refractivity contribution in [1.82, 2.24) is 15.5 Å². The largest absolute Gasteiger partial charge is 0.381 e. The van der Waals surface area contributed by atoms with Crippen LogP contribution in [-0.4, -0.2) is 62.8 Å². The maximum Gasteiger partial charge on any atom is 0.191 e. The lowest BCUT2D eigenvalue weighted by molar-refractivity contribution is 0.133. The lowest BCUT2D eigenvalue weighted by Crippen LogP contribution is -2.39. The van der Waals surface area contributed by atoms with Gasteiger partial charge in [-0.2, -0.15) is 0 Å². The van der Waals surface area contributed by atoms with Gasteiger partial charge in [0.05, 0.1) is 13.2 Å². The van der Waals surface area contributed by atoms with Crippen molar-refractivity contribution in [2.75, 3.05) is 45.9 Å². The summed E-state index contributed by atoms with van der Waals surface area (Å²) < 4.78 is 5.75. The second kappa shape index (κ2) is 13.6. The first kappa shape index (κ1) is 21.7. The Morgan fingerprint density at radius 1 is 1.15 bits per heavy atom. The number of hydrogen-bond acceptors (Lipinski definition) is 3. The summed E-state index contributed by atoms with van der Waals surface area (Å²) in [5.41, 5.74) is 1.34. The maximum atomic E-state index is 5.75. The fraction of sp³-hybridized carbons (Fsp3) is 0.682. The van der Waals surface area contributed by atoms with E-state index in [4.69, 9.17) is 9.73 Å². The van der Waals surface area contributed by atoms with E-state index in [0.29, 0.717) is 6.04 Å². The number of hydrogen-bond donors (Lipinski definition) is 2. The lowest BCUT2D eigenvalue weighted by atomic mass is 10.2. The van der Waals surface area contributed by atoms with Crippen LogP contribution in [0.25, 0.3) is 0 Å². The summed E-state index contributed by atoms with van der Waals surface area (Å²) in [4.78, 5) is 7.34. The first-order valence-corrected chi connectivity index (χ1v) is 10.7. The van der Waals surface area contributed by atoms with Crippen LogP contribution in [0.15, 0.2) is 35.3 Å². The molecular formula is C22H38N4O. The average Bonchev–Trinajstić information content (AvgIpc) is 3.16. The normalized spacial score (nSPS) is 18.0. The quantitative estimate of drug-likeness (QED) is 0.335. The molecule has 27 heavy (non-hydrogen) atoms. The molecule has 0 amide bonds. The molecule has 0 spiro atoms. The number of rotatable bonds is 12. The van der Waals surface area contributed by atoms with Crippen LogP contribution in [0.2, 0.25) is 0 Å². The SMILES string of the molecule is CCNC(=NCC1CCCN1CC)NCCCCOCCc1ccccc1. The van der Waals surface area contributed by atoms with Crippen LogP contribution < -0.4 is 10.6 Å². The molecule has 0 radical (unpaired) electrons. The Hall–Kier alpha value is -1.59. The van der Waals surface area contributed by atoms with Gasteiger partial charge in [-0.25, -0.2) is 0 Å². The molecule has 1 heterocycles. The highest BCUT2D eigenvalue weighted by Gasteiger charge is 2.22. The van der Waals surface area contributed by atoms with Crippen LogP contribution in [0, 0.1) is 0 Å². The lowest BCUT2D eigenvalue weighted by Gasteiger charge is -2.21. The van der Waals surface area contributed by atoms with Crippen molar-refractivity contribution >= 4 is 5.96 Å². The van der Waals surface area contributed by atoms with Gasteiger partial charge in [-0.05, 0) is 57.7 Å². The molecule has 1 aromatic rings. The molecule has 1 saturated heterocycles. The summed E-state index contributed by atoms with van der Waals surface area (Å²) in [6.45, 7) is 11.1. The highest BCUT2D eigenvalue weighted by atomic mass is 16.5. The summed E-state index contributed by atoms with van der Waals surface area (Å²) in [6, 6.07) is 11.1. The van der Waals surface area contributed by atoms with Gasteiger partial charge in [0.15, 0.2) is 5.96 Å². The van der Waals surface area contributed by atoms with Gasteiger partial charge in [-0.15, -0.1) is 0 Å². The maximum absolute atomic E-state index is 5.75. The predicted molar refractivity (Wildman–Crippen MR) is 114 cm³/mol. The van der Waals surface area contributed by atoms with Crippen molar-refractivity contribution in [1.29, 1.82) is 0 Å². The summed E-state index contributed by atoms with van der Waals surface area (Å²) >= 11 is 0. The fourth-order valence-electron chi connectivity index (χ4n) is 3.53. The molecule has 152 valence electrons. The monoisotopic (exact) mass is 374 g/mol. The molecular weight excluding hydrogens is 336 g/mol. The Morgan fingerprint density at radius 2 is 2.00 bits per heavy atom. The van der Waals surface area contributed by atoms with Crippen LogP contribution in [0.4, 0.5) is 0 Å². The number of benzene rings is 1. The van der Waals surface area contributed by atoms with Gasteiger partial charge in [-0.1, -0.05) is 37.3 Å². The minimum atomic E-state index is 0.614. The highest BCUT2D eigenvalue weighted by Crippen LogP contribution is 2.16. The third-order valence-electron chi connectivity index (χ3n) is 5.10. The summed E-state index contributed by atoms with van der Waals surface area (Å²) in [5, 5.41) is 6.82. The molecule has 2 rings (SSSR count). The third kappa shape index (κ3) is 8.76. The number of nitrogens with one attached hydrogen (secondary N) is 2.